The third-order valence-electron chi connectivity index (χ3n) is 5.30. The molecule has 0 aliphatic carbocycles. The molecule has 164 valence electrons. The number of benzene rings is 2. The van der Waals surface area contributed by atoms with Crippen molar-refractivity contribution in [3.63, 3.8) is 0 Å². The summed E-state index contributed by atoms with van der Waals surface area (Å²) >= 11 is 7.98. The Kier molecular flexibility index (Phi) is 7.07. The number of hydrogen-bond acceptors (Lipinski definition) is 5. The van der Waals surface area contributed by atoms with Crippen LogP contribution in [-0.4, -0.2) is 20.4 Å². The third-order valence-corrected chi connectivity index (χ3v) is 6.66. The monoisotopic (exact) mass is 466 g/mol. The summed E-state index contributed by atoms with van der Waals surface area (Å²) in [6, 6.07) is 15.1. The summed E-state index contributed by atoms with van der Waals surface area (Å²) in [5, 5.41) is 2.90. The van der Waals surface area contributed by atoms with Crippen LogP contribution in [0.15, 0.2) is 64.7 Å². The topological polar surface area (TPSA) is 90.9 Å². The van der Waals surface area contributed by atoms with Gasteiger partial charge in [0.2, 0.25) is 5.91 Å². The largest absolute Gasteiger partial charge is 0.370 e. The fraction of sp³-hybridized carbons (Fsp3) is 0.250. The highest BCUT2D eigenvalue weighted by Crippen LogP contribution is 2.31. The Balaban J connectivity index is 1.63. The van der Waals surface area contributed by atoms with Crippen LogP contribution in [0.2, 0.25) is 5.02 Å². The van der Waals surface area contributed by atoms with Crippen molar-refractivity contribution in [1.29, 1.82) is 0 Å². The fourth-order valence-corrected chi connectivity index (χ4v) is 5.01. The molecule has 0 fully saturated rings. The van der Waals surface area contributed by atoms with E-state index in [2.05, 4.69) is 4.98 Å². The van der Waals surface area contributed by atoms with Gasteiger partial charge in [-0.05, 0) is 37.1 Å². The molecule has 1 amide bonds. The molecule has 6 nitrogen and oxygen atoms in total. The van der Waals surface area contributed by atoms with E-state index in [4.69, 9.17) is 22.3 Å². The van der Waals surface area contributed by atoms with E-state index in [0.29, 0.717) is 46.2 Å². The van der Waals surface area contributed by atoms with Gasteiger partial charge >= 0.3 is 0 Å². The van der Waals surface area contributed by atoms with Crippen LogP contribution in [0, 0.1) is 0 Å². The van der Waals surface area contributed by atoms with E-state index in [9.17, 15) is 9.59 Å². The van der Waals surface area contributed by atoms with Gasteiger partial charge in [0.1, 0.15) is 0 Å². The number of primary amides is 1. The second-order valence-electron chi connectivity index (χ2n) is 7.54. The van der Waals surface area contributed by atoms with Gasteiger partial charge in [-0.15, -0.1) is 0 Å². The smallest absolute Gasteiger partial charge is 0.262 e. The maximum absolute atomic E-state index is 13.2. The molecule has 0 saturated carbocycles. The van der Waals surface area contributed by atoms with Crippen molar-refractivity contribution in [2.75, 3.05) is 0 Å². The molecule has 32 heavy (non-hydrogen) atoms. The standard InChI is InChI=1S/C24H23ClN4O2S/c25-19-12-11-16-7-6-13-27-22(16)18(19)15-32-24-28-20-9-4-3-8-17(20)23(31)29(24)14-5-1-2-10-21(26)30/h3-4,6-9,11-13H,1-2,5,10,14-15H2,(H2,26,30). The highest BCUT2D eigenvalue weighted by atomic mass is 35.5. The minimum Gasteiger partial charge on any atom is -0.370 e. The number of carbonyl (C=O) groups excluding carboxylic acids is 1. The van der Waals surface area contributed by atoms with E-state index in [-0.39, 0.29) is 11.5 Å². The van der Waals surface area contributed by atoms with Crippen LogP contribution in [0.5, 0.6) is 0 Å². The lowest BCUT2D eigenvalue weighted by molar-refractivity contribution is -0.118. The van der Waals surface area contributed by atoms with Gasteiger partial charge < -0.3 is 5.73 Å². The molecule has 2 aromatic heterocycles. The molecular weight excluding hydrogens is 444 g/mol. The first kappa shape index (κ1) is 22.3. The number of aromatic nitrogens is 3. The maximum atomic E-state index is 13.2. The molecular formula is C24H23ClN4O2S. The van der Waals surface area contributed by atoms with E-state index in [0.717, 1.165) is 29.3 Å². The Hall–Kier alpha value is -2.90. The first-order valence-corrected chi connectivity index (χ1v) is 11.8. The van der Waals surface area contributed by atoms with E-state index >= 15 is 0 Å². The number of amides is 1. The molecule has 0 radical (unpaired) electrons. The molecule has 4 rings (SSSR count). The number of rotatable bonds is 9. The zero-order valence-corrected chi connectivity index (χ0v) is 19.0. The normalized spacial score (nSPS) is 11.3. The van der Waals surface area contributed by atoms with Crippen molar-refractivity contribution in [3.05, 3.63) is 75.7 Å². The Morgan fingerprint density at radius 1 is 1.06 bits per heavy atom. The second kappa shape index (κ2) is 10.1. The lowest BCUT2D eigenvalue weighted by Gasteiger charge is -2.14. The van der Waals surface area contributed by atoms with Gasteiger partial charge in [-0.1, -0.05) is 54.0 Å². The molecule has 2 N–H and O–H groups in total. The van der Waals surface area contributed by atoms with Crippen LogP contribution in [-0.2, 0) is 17.1 Å². The Morgan fingerprint density at radius 3 is 2.75 bits per heavy atom. The zero-order chi connectivity index (χ0) is 22.5. The number of nitrogens with two attached hydrogens (primary N) is 1. The predicted molar refractivity (Wildman–Crippen MR) is 130 cm³/mol. The summed E-state index contributed by atoms with van der Waals surface area (Å²) in [5.41, 5.74) is 7.61. The summed E-state index contributed by atoms with van der Waals surface area (Å²) in [6.07, 6.45) is 4.40. The zero-order valence-electron chi connectivity index (χ0n) is 17.5. The number of hydrogen-bond donors (Lipinski definition) is 1. The summed E-state index contributed by atoms with van der Waals surface area (Å²) in [7, 11) is 0. The van der Waals surface area contributed by atoms with Gasteiger partial charge in [0.15, 0.2) is 5.16 Å². The Bertz CT molecular complexity index is 1340. The van der Waals surface area contributed by atoms with Crippen LogP contribution in [0.25, 0.3) is 21.8 Å². The molecule has 8 heteroatoms. The van der Waals surface area contributed by atoms with Gasteiger partial charge in [0.25, 0.3) is 5.56 Å². The van der Waals surface area contributed by atoms with E-state index in [1.807, 2.05) is 42.5 Å². The first-order valence-electron chi connectivity index (χ1n) is 10.5. The van der Waals surface area contributed by atoms with Crippen LogP contribution >= 0.6 is 23.4 Å². The van der Waals surface area contributed by atoms with Crippen LogP contribution < -0.4 is 11.3 Å². The Morgan fingerprint density at radius 2 is 1.91 bits per heavy atom. The van der Waals surface area contributed by atoms with E-state index in [1.54, 1.807) is 16.8 Å². The van der Waals surface area contributed by atoms with Crippen molar-refractivity contribution < 1.29 is 4.79 Å². The van der Waals surface area contributed by atoms with Gasteiger partial charge in [0.05, 0.1) is 16.4 Å². The number of thioether (sulfide) groups is 1. The van der Waals surface area contributed by atoms with Gasteiger partial charge in [-0.25, -0.2) is 4.98 Å². The second-order valence-corrected chi connectivity index (χ2v) is 8.88. The van der Waals surface area contributed by atoms with Crippen molar-refractivity contribution in [3.8, 4) is 0 Å². The molecule has 0 aliphatic rings. The first-order chi connectivity index (χ1) is 15.5. The minimum absolute atomic E-state index is 0.0601. The van der Waals surface area contributed by atoms with Crippen LogP contribution in [0.3, 0.4) is 0 Å². The number of fused-ring (bicyclic) bond motifs is 2. The quantitative estimate of drug-likeness (QED) is 0.214. The summed E-state index contributed by atoms with van der Waals surface area (Å²) in [5.74, 6) is 0.242. The molecule has 0 atom stereocenters. The van der Waals surface area contributed by atoms with Gasteiger partial charge in [-0.3, -0.25) is 19.1 Å². The Labute approximate surface area is 194 Å². The van der Waals surface area contributed by atoms with Gasteiger partial charge in [-0.2, -0.15) is 0 Å². The number of pyridine rings is 1. The summed E-state index contributed by atoms with van der Waals surface area (Å²) in [4.78, 5) is 33.5. The molecule has 0 aliphatic heterocycles. The molecule has 2 heterocycles. The molecule has 0 bridgehead atoms. The molecule has 0 unspecified atom stereocenters. The SMILES string of the molecule is NC(=O)CCCCCn1c(SCc2c(Cl)ccc3cccnc23)nc2ccccc2c1=O. The van der Waals surface area contributed by atoms with Crippen molar-refractivity contribution >= 4 is 51.1 Å². The number of unbranched alkanes of at least 4 members (excludes halogenated alkanes) is 2. The van der Waals surface area contributed by atoms with Crippen LogP contribution in [0.4, 0.5) is 0 Å². The van der Waals surface area contributed by atoms with Crippen molar-refractivity contribution in [1.82, 2.24) is 14.5 Å². The van der Waals surface area contributed by atoms with E-state index < -0.39 is 0 Å². The molecule has 4 aromatic rings. The average Bonchev–Trinajstić information content (AvgIpc) is 2.79. The fourth-order valence-electron chi connectivity index (χ4n) is 3.66. The van der Waals surface area contributed by atoms with Crippen molar-refractivity contribution in [2.45, 2.75) is 43.1 Å². The lowest BCUT2D eigenvalue weighted by atomic mass is 10.1. The van der Waals surface area contributed by atoms with Gasteiger partial charge in [0, 0.05) is 40.9 Å². The highest BCUT2D eigenvalue weighted by molar-refractivity contribution is 7.98. The number of nitrogens with zero attached hydrogens (tertiary/aromatic N) is 3. The van der Waals surface area contributed by atoms with E-state index in [1.165, 1.54) is 11.8 Å². The lowest BCUT2D eigenvalue weighted by Crippen LogP contribution is -2.23. The van der Waals surface area contributed by atoms with Crippen LogP contribution in [0.1, 0.15) is 31.2 Å². The number of carbonyl (C=O) groups is 1. The highest BCUT2D eigenvalue weighted by Gasteiger charge is 2.14. The summed E-state index contributed by atoms with van der Waals surface area (Å²) < 4.78 is 1.73. The average molecular weight is 467 g/mol. The van der Waals surface area contributed by atoms with Crippen molar-refractivity contribution in [2.24, 2.45) is 5.73 Å². The maximum Gasteiger partial charge on any atom is 0.262 e. The summed E-state index contributed by atoms with van der Waals surface area (Å²) in [6.45, 7) is 0.527. The molecule has 0 spiro atoms. The molecule has 0 saturated heterocycles. The minimum atomic E-state index is -0.300. The number of para-hydroxylation sites is 1. The molecule has 2 aromatic carbocycles. The number of halogens is 1. The predicted octanol–water partition coefficient (Wildman–Crippen LogP) is 4.94. The third kappa shape index (κ3) is 4.95.